The number of carboxylic acid groups (broad SMARTS) is 1. The van der Waals surface area contributed by atoms with Crippen molar-refractivity contribution in [3.05, 3.63) is 60.2 Å². The number of carbonyl (C=O) groups excluding carboxylic acids is 1. The third-order valence-electron chi connectivity index (χ3n) is 2.49. The van der Waals surface area contributed by atoms with E-state index in [1.165, 1.54) is 6.07 Å². The van der Waals surface area contributed by atoms with Crippen LogP contribution in [0.1, 0.15) is 10.4 Å². The summed E-state index contributed by atoms with van der Waals surface area (Å²) in [4.78, 5) is 22.4. The predicted molar refractivity (Wildman–Crippen MR) is 74.0 cm³/mol. The van der Waals surface area contributed by atoms with Gasteiger partial charge in [0.1, 0.15) is 5.75 Å². The van der Waals surface area contributed by atoms with Gasteiger partial charge in [0.2, 0.25) is 0 Å². The lowest BCUT2D eigenvalue weighted by Crippen LogP contribution is -2.13. The van der Waals surface area contributed by atoms with Crippen LogP contribution in [0.3, 0.4) is 0 Å². The molecule has 0 bridgehead atoms. The summed E-state index contributed by atoms with van der Waals surface area (Å²) in [5.41, 5.74) is 1.09. The highest BCUT2D eigenvalue weighted by Crippen LogP contribution is 2.15. The maximum atomic E-state index is 12.0. The van der Waals surface area contributed by atoms with Gasteiger partial charge in [-0.3, -0.25) is 4.79 Å². The maximum Gasteiger partial charge on any atom is 0.341 e. The van der Waals surface area contributed by atoms with E-state index in [2.05, 4.69) is 5.32 Å². The Bertz CT molecular complexity index is 610. The summed E-state index contributed by atoms with van der Waals surface area (Å²) >= 11 is 0. The Morgan fingerprint density at radius 3 is 2.50 bits per heavy atom. The van der Waals surface area contributed by atoms with Crippen molar-refractivity contribution in [3.63, 3.8) is 0 Å². The molecule has 0 aliphatic heterocycles. The number of anilines is 1. The average Bonchev–Trinajstić information content (AvgIpc) is 2.46. The van der Waals surface area contributed by atoms with Crippen LogP contribution in [-0.4, -0.2) is 23.6 Å². The fourth-order valence-corrected chi connectivity index (χ4v) is 1.60. The standard InChI is InChI=1S/C15H13NO4/c17-14(18)10-20-13-8-4-5-11(9-13)15(19)16-12-6-2-1-3-7-12/h1-9H,10H2,(H,16,19)(H,17,18). The molecule has 0 saturated carbocycles. The molecule has 5 nitrogen and oxygen atoms in total. The van der Waals surface area contributed by atoms with Crippen LogP contribution in [0.15, 0.2) is 54.6 Å². The minimum absolute atomic E-state index is 0.281. The van der Waals surface area contributed by atoms with E-state index in [1.807, 2.05) is 18.2 Å². The van der Waals surface area contributed by atoms with Gasteiger partial charge < -0.3 is 15.2 Å². The molecule has 0 atom stereocenters. The van der Waals surface area contributed by atoms with Crippen molar-refractivity contribution in [2.45, 2.75) is 0 Å². The quantitative estimate of drug-likeness (QED) is 0.875. The third kappa shape index (κ3) is 3.84. The van der Waals surface area contributed by atoms with Gasteiger partial charge >= 0.3 is 5.97 Å². The van der Waals surface area contributed by atoms with E-state index in [9.17, 15) is 9.59 Å². The monoisotopic (exact) mass is 271 g/mol. The van der Waals surface area contributed by atoms with Crippen LogP contribution >= 0.6 is 0 Å². The van der Waals surface area contributed by atoms with Crippen LogP contribution in [0.5, 0.6) is 5.75 Å². The fraction of sp³-hybridized carbons (Fsp3) is 0.0667. The van der Waals surface area contributed by atoms with Gasteiger partial charge in [-0.05, 0) is 30.3 Å². The number of amides is 1. The van der Waals surface area contributed by atoms with E-state index in [0.29, 0.717) is 17.0 Å². The van der Waals surface area contributed by atoms with Gasteiger partial charge in [-0.1, -0.05) is 24.3 Å². The molecule has 0 unspecified atom stereocenters. The Morgan fingerprint density at radius 1 is 1.05 bits per heavy atom. The molecule has 0 aliphatic rings. The second kappa shape index (κ2) is 6.38. The van der Waals surface area contributed by atoms with Crippen molar-refractivity contribution in [1.82, 2.24) is 0 Å². The topological polar surface area (TPSA) is 75.6 Å². The van der Waals surface area contributed by atoms with Gasteiger partial charge in [-0.25, -0.2) is 4.79 Å². The highest BCUT2D eigenvalue weighted by Gasteiger charge is 2.07. The number of nitrogens with one attached hydrogen (secondary N) is 1. The Hall–Kier alpha value is -2.82. The summed E-state index contributed by atoms with van der Waals surface area (Å²) in [6.07, 6.45) is 0. The van der Waals surface area contributed by atoms with Gasteiger partial charge in [0, 0.05) is 11.3 Å². The number of benzene rings is 2. The smallest absolute Gasteiger partial charge is 0.341 e. The normalized spacial score (nSPS) is 9.80. The zero-order valence-corrected chi connectivity index (χ0v) is 10.6. The van der Waals surface area contributed by atoms with E-state index in [4.69, 9.17) is 9.84 Å². The van der Waals surface area contributed by atoms with Crippen molar-refractivity contribution in [1.29, 1.82) is 0 Å². The maximum absolute atomic E-state index is 12.0. The molecule has 1 amide bonds. The second-order valence-electron chi connectivity index (χ2n) is 4.03. The molecular weight excluding hydrogens is 258 g/mol. The van der Waals surface area contributed by atoms with Crippen LogP contribution < -0.4 is 10.1 Å². The lowest BCUT2D eigenvalue weighted by Gasteiger charge is -2.07. The van der Waals surface area contributed by atoms with Crippen molar-refractivity contribution >= 4 is 17.6 Å². The number of ether oxygens (including phenoxy) is 1. The van der Waals surface area contributed by atoms with Crippen LogP contribution in [0, 0.1) is 0 Å². The van der Waals surface area contributed by atoms with Crippen molar-refractivity contribution in [3.8, 4) is 5.75 Å². The molecule has 102 valence electrons. The molecule has 0 saturated heterocycles. The minimum Gasteiger partial charge on any atom is -0.482 e. The Labute approximate surface area is 115 Å². The second-order valence-corrected chi connectivity index (χ2v) is 4.03. The lowest BCUT2D eigenvalue weighted by molar-refractivity contribution is -0.139. The van der Waals surface area contributed by atoms with Gasteiger partial charge in [-0.2, -0.15) is 0 Å². The third-order valence-corrected chi connectivity index (χ3v) is 2.49. The van der Waals surface area contributed by atoms with Crippen LogP contribution in [0.4, 0.5) is 5.69 Å². The van der Waals surface area contributed by atoms with Crippen LogP contribution in [-0.2, 0) is 4.79 Å². The molecule has 0 aromatic heterocycles. The number of aliphatic carboxylic acids is 1. The molecular formula is C15H13NO4. The molecule has 0 spiro atoms. The number of para-hydroxylation sites is 1. The molecule has 0 heterocycles. The molecule has 2 aromatic rings. The highest BCUT2D eigenvalue weighted by molar-refractivity contribution is 6.04. The zero-order chi connectivity index (χ0) is 14.4. The van der Waals surface area contributed by atoms with Crippen molar-refractivity contribution < 1.29 is 19.4 Å². The first-order chi connectivity index (χ1) is 9.65. The minimum atomic E-state index is -1.07. The SMILES string of the molecule is O=C(O)COc1cccc(C(=O)Nc2ccccc2)c1. The summed E-state index contributed by atoms with van der Waals surface area (Å²) in [7, 11) is 0. The van der Waals surface area contributed by atoms with E-state index >= 15 is 0 Å². The van der Waals surface area contributed by atoms with E-state index in [1.54, 1.807) is 30.3 Å². The Kier molecular flexibility index (Phi) is 4.34. The highest BCUT2D eigenvalue weighted by atomic mass is 16.5. The number of hydrogen-bond donors (Lipinski definition) is 2. The zero-order valence-electron chi connectivity index (χ0n) is 10.6. The first-order valence-electron chi connectivity index (χ1n) is 5.96. The first-order valence-corrected chi connectivity index (χ1v) is 5.96. The van der Waals surface area contributed by atoms with Gasteiger partial charge in [-0.15, -0.1) is 0 Å². The van der Waals surface area contributed by atoms with Crippen LogP contribution in [0.2, 0.25) is 0 Å². The molecule has 2 aromatic carbocycles. The average molecular weight is 271 g/mol. The summed E-state index contributed by atoms with van der Waals surface area (Å²) in [5, 5.41) is 11.3. The number of rotatable bonds is 5. The van der Waals surface area contributed by atoms with Gasteiger partial charge in [0.25, 0.3) is 5.91 Å². The predicted octanol–water partition coefficient (Wildman–Crippen LogP) is 2.40. The van der Waals surface area contributed by atoms with Crippen molar-refractivity contribution in [2.75, 3.05) is 11.9 Å². The molecule has 20 heavy (non-hydrogen) atoms. The van der Waals surface area contributed by atoms with E-state index in [-0.39, 0.29) is 5.91 Å². The molecule has 5 heteroatoms. The van der Waals surface area contributed by atoms with E-state index < -0.39 is 12.6 Å². The summed E-state index contributed by atoms with van der Waals surface area (Å²) in [6, 6.07) is 15.4. The summed E-state index contributed by atoms with van der Waals surface area (Å²) in [6.45, 7) is -0.441. The number of hydrogen-bond acceptors (Lipinski definition) is 3. The first kappa shape index (κ1) is 13.6. The Morgan fingerprint density at radius 2 is 1.80 bits per heavy atom. The molecule has 0 radical (unpaired) electrons. The molecule has 0 aliphatic carbocycles. The van der Waals surface area contributed by atoms with Crippen molar-refractivity contribution in [2.24, 2.45) is 0 Å². The summed E-state index contributed by atoms with van der Waals surface area (Å²) in [5.74, 6) is -1.01. The van der Waals surface area contributed by atoms with Gasteiger partial charge in [0.05, 0.1) is 0 Å². The fourth-order valence-electron chi connectivity index (χ4n) is 1.60. The van der Waals surface area contributed by atoms with Crippen LogP contribution in [0.25, 0.3) is 0 Å². The number of carboxylic acids is 1. The molecule has 2 N–H and O–H groups in total. The van der Waals surface area contributed by atoms with Gasteiger partial charge in [0.15, 0.2) is 6.61 Å². The molecule has 2 rings (SSSR count). The summed E-state index contributed by atoms with van der Waals surface area (Å²) < 4.78 is 5.03. The number of carbonyl (C=O) groups is 2. The Balaban J connectivity index is 2.06. The lowest BCUT2D eigenvalue weighted by atomic mass is 10.2. The van der Waals surface area contributed by atoms with E-state index in [0.717, 1.165) is 0 Å². The largest absolute Gasteiger partial charge is 0.482 e. The molecule has 0 fully saturated rings.